The normalized spacial score (nSPS) is 11.2. The van der Waals surface area contributed by atoms with Crippen molar-refractivity contribution in [2.75, 3.05) is 11.9 Å². The number of ether oxygens (including phenoxy) is 1. The second-order valence-corrected chi connectivity index (χ2v) is 4.61. The summed E-state index contributed by atoms with van der Waals surface area (Å²) in [7, 11) is 0. The van der Waals surface area contributed by atoms with Gasteiger partial charge in [-0.3, -0.25) is 9.79 Å². The number of aryl methyl sites for hydroxylation is 1. The first-order valence-corrected chi connectivity index (χ1v) is 7.77. The van der Waals surface area contributed by atoms with Crippen molar-refractivity contribution < 1.29 is 14.3 Å². The Morgan fingerprint density at radius 3 is 2.50 bits per heavy atom. The minimum atomic E-state index is -0.528. The number of nitrogens with zero attached hydrogens (tertiary/aromatic N) is 2. The molecule has 0 fully saturated rings. The van der Waals surface area contributed by atoms with Gasteiger partial charge in [0.15, 0.2) is 0 Å². The van der Waals surface area contributed by atoms with Gasteiger partial charge in [0.05, 0.1) is 17.9 Å². The number of allylic oxidation sites excluding steroid dienone is 1. The van der Waals surface area contributed by atoms with Crippen LogP contribution in [-0.4, -0.2) is 29.7 Å². The van der Waals surface area contributed by atoms with Crippen LogP contribution >= 0.6 is 0 Å². The lowest BCUT2D eigenvalue weighted by Crippen LogP contribution is -2.13. The molecule has 0 aliphatic carbocycles. The maximum Gasteiger partial charge on any atom is 0.341 e. The lowest BCUT2D eigenvalue weighted by molar-refractivity contribution is -0.137. The second kappa shape index (κ2) is 10.9. The van der Waals surface area contributed by atoms with Crippen molar-refractivity contribution in [1.29, 1.82) is 0 Å². The molecule has 1 rings (SSSR count). The maximum absolute atomic E-state index is 11.8. The average Bonchev–Trinajstić information content (AvgIpc) is 2.52. The highest BCUT2D eigenvalue weighted by atomic mass is 16.5. The third kappa shape index (κ3) is 7.04. The fraction of sp³-hybridized carbons (Fsp3) is 0.412. The minimum absolute atomic E-state index is 0.194. The molecule has 0 saturated carbocycles. The molecule has 0 aliphatic heterocycles. The number of nitrogens with two attached hydrogens (primary N) is 1. The van der Waals surface area contributed by atoms with E-state index in [-0.39, 0.29) is 18.1 Å². The number of carbonyl (C=O) groups excluding carboxylic acids is 2. The highest BCUT2D eigenvalue weighted by molar-refractivity contribution is 6.10. The summed E-state index contributed by atoms with van der Waals surface area (Å²) < 4.78 is 4.92. The van der Waals surface area contributed by atoms with Gasteiger partial charge >= 0.3 is 5.97 Å². The summed E-state index contributed by atoms with van der Waals surface area (Å²) in [5.41, 5.74) is 7.56. The van der Waals surface area contributed by atoms with E-state index in [1.807, 2.05) is 20.8 Å². The average molecular weight is 334 g/mol. The van der Waals surface area contributed by atoms with Crippen molar-refractivity contribution in [3.63, 3.8) is 0 Å². The standard InChI is InChI=1S/C15H20N4O3.C2H6/c1-5-22-15(21)12(10(3)16)8-17-13-6-14(19-11(4)20)18-7-9(13)2;1-2/h6-8H,5,16H2,1-4H3,(H,18,19,20);1-2H3/b12-10+,17-8?;. The number of amides is 1. The molecule has 1 aromatic rings. The van der Waals surface area contributed by atoms with Gasteiger partial charge in [-0.25, -0.2) is 9.78 Å². The molecule has 3 N–H and O–H groups in total. The van der Waals surface area contributed by atoms with Crippen LogP contribution in [0.4, 0.5) is 11.5 Å². The van der Waals surface area contributed by atoms with E-state index in [1.165, 1.54) is 13.1 Å². The molecule has 0 aromatic carbocycles. The van der Waals surface area contributed by atoms with Crippen molar-refractivity contribution in [1.82, 2.24) is 4.98 Å². The summed E-state index contributed by atoms with van der Waals surface area (Å²) in [6, 6.07) is 1.61. The Morgan fingerprint density at radius 2 is 2.00 bits per heavy atom. The van der Waals surface area contributed by atoms with Crippen LogP contribution in [0.3, 0.4) is 0 Å². The molecule has 0 atom stereocenters. The molecule has 0 saturated heterocycles. The van der Waals surface area contributed by atoms with E-state index in [1.54, 1.807) is 26.1 Å². The lowest BCUT2D eigenvalue weighted by atomic mass is 10.2. The molecule has 24 heavy (non-hydrogen) atoms. The highest BCUT2D eigenvalue weighted by Gasteiger charge is 2.11. The Balaban J connectivity index is 0.00000254. The summed E-state index contributed by atoms with van der Waals surface area (Å²) in [4.78, 5) is 31.1. The van der Waals surface area contributed by atoms with Crippen LogP contribution in [0.2, 0.25) is 0 Å². The summed E-state index contributed by atoms with van der Waals surface area (Å²) in [5, 5.41) is 2.57. The van der Waals surface area contributed by atoms with E-state index < -0.39 is 5.97 Å². The highest BCUT2D eigenvalue weighted by Crippen LogP contribution is 2.21. The van der Waals surface area contributed by atoms with Gasteiger partial charge in [0.25, 0.3) is 0 Å². The number of rotatable bonds is 5. The van der Waals surface area contributed by atoms with E-state index in [2.05, 4.69) is 15.3 Å². The molecular weight excluding hydrogens is 308 g/mol. The van der Waals surface area contributed by atoms with Gasteiger partial charge in [0, 0.05) is 31.1 Å². The lowest BCUT2D eigenvalue weighted by Gasteiger charge is -2.06. The Hall–Kier alpha value is -2.70. The van der Waals surface area contributed by atoms with Gasteiger partial charge in [0.2, 0.25) is 5.91 Å². The van der Waals surface area contributed by atoms with Crippen LogP contribution in [0, 0.1) is 6.92 Å². The predicted octanol–water partition coefficient (Wildman–Crippen LogP) is 2.87. The third-order valence-electron chi connectivity index (χ3n) is 2.63. The fourth-order valence-electron chi connectivity index (χ4n) is 1.56. The molecule has 132 valence electrons. The summed E-state index contributed by atoms with van der Waals surface area (Å²) in [5.74, 6) is -0.368. The van der Waals surface area contributed by atoms with Crippen molar-refractivity contribution in [3.05, 3.63) is 29.1 Å². The maximum atomic E-state index is 11.8. The largest absolute Gasteiger partial charge is 0.462 e. The Kier molecular flexibility index (Phi) is 9.70. The first kappa shape index (κ1) is 21.3. The third-order valence-corrected chi connectivity index (χ3v) is 2.63. The Labute approximate surface area is 143 Å². The number of hydrogen-bond donors (Lipinski definition) is 2. The topological polar surface area (TPSA) is 107 Å². The number of esters is 1. The van der Waals surface area contributed by atoms with Gasteiger partial charge in [-0.2, -0.15) is 0 Å². The number of aromatic nitrogens is 1. The molecule has 0 aliphatic rings. The van der Waals surface area contributed by atoms with Gasteiger partial charge < -0.3 is 15.8 Å². The summed E-state index contributed by atoms with van der Waals surface area (Å²) in [6.45, 7) is 10.8. The van der Waals surface area contributed by atoms with E-state index in [0.29, 0.717) is 17.2 Å². The van der Waals surface area contributed by atoms with E-state index in [4.69, 9.17) is 10.5 Å². The molecule has 0 spiro atoms. The number of anilines is 1. The number of nitrogens with one attached hydrogen (secondary N) is 1. The zero-order valence-electron chi connectivity index (χ0n) is 15.1. The first-order chi connectivity index (χ1) is 11.3. The number of carbonyl (C=O) groups is 2. The number of hydrogen-bond acceptors (Lipinski definition) is 6. The predicted molar refractivity (Wildman–Crippen MR) is 96.3 cm³/mol. The zero-order valence-corrected chi connectivity index (χ0v) is 15.1. The molecule has 0 unspecified atom stereocenters. The fourth-order valence-corrected chi connectivity index (χ4v) is 1.56. The Bertz CT molecular complexity index is 633. The van der Waals surface area contributed by atoms with Crippen LogP contribution in [-0.2, 0) is 14.3 Å². The molecule has 0 bridgehead atoms. The molecule has 1 heterocycles. The van der Waals surface area contributed by atoms with E-state index in [9.17, 15) is 9.59 Å². The van der Waals surface area contributed by atoms with Crippen molar-refractivity contribution in [2.24, 2.45) is 10.7 Å². The second-order valence-electron chi connectivity index (χ2n) is 4.61. The van der Waals surface area contributed by atoms with Crippen LogP contribution in [0.5, 0.6) is 0 Å². The van der Waals surface area contributed by atoms with Gasteiger partial charge in [-0.05, 0) is 26.3 Å². The summed E-state index contributed by atoms with van der Waals surface area (Å²) >= 11 is 0. The quantitative estimate of drug-likeness (QED) is 0.489. The van der Waals surface area contributed by atoms with Crippen LogP contribution < -0.4 is 11.1 Å². The number of pyridine rings is 1. The van der Waals surface area contributed by atoms with Crippen molar-refractivity contribution in [3.8, 4) is 0 Å². The van der Waals surface area contributed by atoms with Crippen LogP contribution in [0.1, 0.15) is 40.2 Å². The van der Waals surface area contributed by atoms with Crippen LogP contribution in [0.25, 0.3) is 0 Å². The molecule has 1 amide bonds. The van der Waals surface area contributed by atoms with E-state index >= 15 is 0 Å². The zero-order chi connectivity index (χ0) is 18.7. The van der Waals surface area contributed by atoms with Gasteiger partial charge in [-0.15, -0.1) is 0 Å². The molecule has 7 heteroatoms. The summed E-state index contributed by atoms with van der Waals surface area (Å²) in [6.07, 6.45) is 2.94. The monoisotopic (exact) mass is 334 g/mol. The molecule has 0 radical (unpaired) electrons. The SMILES string of the molecule is CC.CCOC(=O)/C(C=Nc1cc(NC(C)=O)ncc1C)=C(\C)N. The van der Waals surface area contributed by atoms with Crippen molar-refractivity contribution >= 4 is 29.6 Å². The van der Waals surface area contributed by atoms with Gasteiger partial charge in [-0.1, -0.05) is 13.8 Å². The van der Waals surface area contributed by atoms with Crippen molar-refractivity contribution in [2.45, 2.75) is 41.5 Å². The van der Waals surface area contributed by atoms with Gasteiger partial charge in [0.1, 0.15) is 5.82 Å². The molecule has 1 aromatic heterocycles. The Morgan fingerprint density at radius 1 is 1.38 bits per heavy atom. The van der Waals surface area contributed by atoms with Crippen LogP contribution in [0.15, 0.2) is 28.5 Å². The minimum Gasteiger partial charge on any atom is -0.462 e. The number of aliphatic imine (C=N–C) groups is 1. The molecule has 7 nitrogen and oxygen atoms in total. The molecular formula is C17H26N4O3. The first-order valence-electron chi connectivity index (χ1n) is 7.77. The smallest absolute Gasteiger partial charge is 0.341 e. The van der Waals surface area contributed by atoms with E-state index in [0.717, 1.165) is 5.56 Å².